The minimum atomic E-state index is 0.305. The topological polar surface area (TPSA) is 51.0 Å². The monoisotopic (exact) mass is 265 g/mol. The summed E-state index contributed by atoms with van der Waals surface area (Å²) in [5, 5.41) is 0. The second kappa shape index (κ2) is 6.12. The molecule has 0 amide bonds. The van der Waals surface area contributed by atoms with Gasteiger partial charge in [-0.05, 0) is 19.2 Å². The summed E-state index contributed by atoms with van der Waals surface area (Å²) < 4.78 is 10.8. The molecule has 0 saturated carbocycles. The molecule has 19 heavy (non-hydrogen) atoms. The van der Waals surface area contributed by atoms with E-state index in [1.54, 1.807) is 14.2 Å². The fraction of sp³-hybridized carbons (Fsp3) is 0.571. The van der Waals surface area contributed by atoms with Gasteiger partial charge in [0.25, 0.3) is 0 Å². The zero-order chi connectivity index (χ0) is 13.8. The van der Waals surface area contributed by atoms with Crippen molar-refractivity contribution in [2.24, 2.45) is 5.73 Å². The lowest BCUT2D eigenvalue weighted by molar-refractivity contribution is 0.268. The Bertz CT molecular complexity index is 425. The number of ether oxygens (including phenoxy) is 2. The minimum absolute atomic E-state index is 0.305. The van der Waals surface area contributed by atoms with Crippen LogP contribution in [-0.2, 0) is 0 Å². The summed E-state index contributed by atoms with van der Waals surface area (Å²) in [7, 11) is 5.50. The number of hydrogen-bond acceptors (Lipinski definition) is 5. The Morgan fingerprint density at radius 3 is 2.68 bits per heavy atom. The highest BCUT2D eigenvalue weighted by atomic mass is 16.5. The molecule has 0 spiro atoms. The molecule has 0 radical (unpaired) electrons. The third-order valence-electron chi connectivity index (χ3n) is 3.65. The summed E-state index contributed by atoms with van der Waals surface area (Å²) in [5.41, 5.74) is 6.98. The van der Waals surface area contributed by atoms with E-state index in [1.165, 1.54) is 0 Å². The number of nitrogens with two attached hydrogens (primary N) is 1. The smallest absolute Gasteiger partial charge is 0.142 e. The van der Waals surface area contributed by atoms with E-state index in [2.05, 4.69) is 16.8 Å². The second-order valence-corrected chi connectivity index (χ2v) is 4.88. The summed E-state index contributed by atoms with van der Waals surface area (Å²) in [4.78, 5) is 4.63. The minimum Gasteiger partial charge on any atom is -0.497 e. The molecule has 106 valence electrons. The molecule has 0 bridgehead atoms. The molecule has 1 saturated heterocycles. The van der Waals surface area contributed by atoms with Crippen LogP contribution < -0.4 is 20.1 Å². The van der Waals surface area contributed by atoms with Crippen LogP contribution in [0.1, 0.15) is 0 Å². The summed E-state index contributed by atoms with van der Waals surface area (Å²) in [6, 6.07) is 6.18. The van der Waals surface area contributed by atoms with E-state index in [9.17, 15) is 0 Å². The number of benzene rings is 1. The fourth-order valence-electron chi connectivity index (χ4n) is 2.55. The lowest BCUT2D eigenvalue weighted by Gasteiger charge is -2.41. The van der Waals surface area contributed by atoms with E-state index in [0.29, 0.717) is 12.6 Å². The Morgan fingerprint density at radius 1 is 1.26 bits per heavy atom. The Kier molecular flexibility index (Phi) is 4.50. The van der Waals surface area contributed by atoms with Gasteiger partial charge in [-0.2, -0.15) is 0 Å². The third-order valence-corrected chi connectivity index (χ3v) is 3.65. The van der Waals surface area contributed by atoms with Gasteiger partial charge in [-0.3, -0.25) is 0 Å². The van der Waals surface area contributed by atoms with Crippen LogP contribution in [0.2, 0.25) is 0 Å². The molecule has 1 aliphatic heterocycles. The summed E-state index contributed by atoms with van der Waals surface area (Å²) >= 11 is 0. The highest BCUT2D eigenvalue weighted by Gasteiger charge is 2.26. The average molecular weight is 265 g/mol. The number of hydrogen-bond donors (Lipinski definition) is 1. The first-order chi connectivity index (χ1) is 9.19. The van der Waals surface area contributed by atoms with Crippen molar-refractivity contribution in [1.29, 1.82) is 0 Å². The summed E-state index contributed by atoms with van der Waals surface area (Å²) in [5.74, 6) is 1.70. The number of methoxy groups -OCH3 is 2. The molecule has 2 rings (SSSR count). The zero-order valence-electron chi connectivity index (χ0n) is 11.9. The molecule has 1 aromatic carbocycles. The number of likely N-dealkylation sites (N-methyl/N-ethyl adjacent to an activating group) is 1. The molecule has 1 fully saturated rings. The summed E-state index contributed by atoms with van der Waals surface area (Å²) in [6.45, 7) is 3.57. The zero-order valence-corrected chi connectivity index (χ0v) is 11.9. The molecule has 5 nitrogen and oxygen atoms in total. The standard InChI is InChI=1S/C14H23N3O2/c1-16-6-7-17(11(9-15)10-16)13-8-12(18-2)4-5-14(13)19-3/h4-5,8,11H,6-7,9-10,15H2,1-3H3. The van der Waals surface area contributed by atoms with Crippen LogP contribution in [0, 0.1) is 0 Å². The Balaban J connectivity index is 2.32. The highest BCUT2D eigenvalue weighted by molar-refractivity contribution is 5.62. The van der Waals surface area contributed by atoms with Gasteiger partial charge in [-0.1, -0.05) is 0 Å². The SMILES string of the molecule is COc1ccc(OC)c(N2CCN(C)CC2CN)c1. The predicted octanol–water partition coefficient (Wildman–Crippen LogP) is 0.783. The Labute approximate surface area is 114 Å². The quantitative estimate of drug-likeness (QED) is 0.872. The highest BCUT2D eigenvalue weighted by Crippen LogP contribution is 2.34. The van der Waals surface area contributed by atoms with Crippen molar-refractivity contribution in [1.82, 2.24) is 4.90 Å². The maximum Gasteiger partial charge on any atom is 0.142 e. The summed E-state index contributed by atoms with van der Waals surface area (Å²) in [6.07, 6.45) is 0. The van der Waals surface area contributed by atoms with Gasteiger partial charge in [0.2, 0.25) is 0 Å². The molecular formula is C14H23N3O2. The first-order valence-corrected chi connectivity index (χ1v) is 6.57. The lowest BCUT2D eigenvalue weighted by atomic mass is 10.1. The molecule has 1 atom stereocenters. The molecule has 1 heterocycles. The van der Waals surface area contributed by atoms with Gasteiger partial charge in [0.1, 0.15) is 11.5 Å². The van der Waals surface area contributed by atoms with Gasteiger partial charge < -0.3 is 25.0 Å². The van der Waals surface area contributed by atoms with Gasteiger partial charge in [0.05, 0.1) is 25.9 Å². The molecule has 1 aliphatic rings. The molecule has 0 aromatic heterocycles. The van der Waals surface area contributed by atoms with Gasteiger partial charge in [-0.15, -0.1) is 0 Å². The van der Waals surface area contributed by atoms with Crippen LogP contribution in [0.3, 0.4) is 0 Å². The van der Waals surface area contributed by atoms with Crippen LogP contribution in [0.4, 0.5) is 5.69 Å². The van der Waals surface area contributed by atoms with Crippen molar-refractivity contribution in [2.75, 3.05) is 52.3 Å². The second-order valence-electron chi connectivity index (χ2n) is 4.88. The van der Waals surface area contributed by atoms with E-state index in [4.69, 9.17) is 15.2 Å². The van der Waals surface area contributed by atoms with Crippen molar-refractivity contribution in [3.63, 3.8) is 0 Å². The Morgan fingerprint density at radius 2 is 2.05 bits per heavy atom. The van der Waals surface area contributed by atoms with E-state index in [1.807, 2.05) is 18.2 Å². The lowest BCUT2D eigenvalue weighted by Crippen LogP contribution is -2.55. The average Bonchev–Trinajstić information content (AvgIpc) is 2.46. The van der Waals surface area contributed by atoms with Crippen LogP contribution >= 0.6 is 0 Å². The van der Waals surface area contributed by atoms with Gasteiger partial charge in [0, 0.05) is 32.2 Å². The van der Waals surface area contributed by atoms with Crippen molar-refractivity contribution >= 4 is 5.69 Å². The van der Waals surface area contributed by atoms with E-state index < -0.39 is 0 Å². The normalized spacial score (nSPS) is 20.4. The number of piperazine rings is 1. The van der Waals surface area contributed by atoms with Crippen molar-refractivity contribution < 1.29 is 9.47 Å². The van der Waals surface area contributed by atoms with E-state index in [-0.39, 0.29) is 0 Å². The fourth-order valence-corrected chi connectivity index (χ4v) is 2.55. The first kappa shape index (κ1) is 14.0. The number of anilines is 1. The van der Waals surface area contributed by atoms with Crippen molar-refractivity contribution in [3.8, 4) is 11.5 Å². The van der Waals surface area contributed by atoms with Gasteiger partial charge in [-0.25, -0.2) is 0 Å². The van der Waals surface area contributed by atoms with Crippen LogP contribution in [0.5, 0.6) is 11.5 Å². The van der Waals surface area contributed by atoms with Crippen LogP contribution in [0.25, 0.3) is 0 Å². The van der Waals surface area contributed by atoms with E-state index in [0.717, 1.165) is 36.8 Å². The number of rotatable bonds is 4. The molecule has 5 heteroatoms. The maximum atomic E-state index is 5.91. The van der Waals surface area contributed by atoms with E-state index >= 15 is 0 Å². The molecule has 1 aromatic rings. The molecule has 2 N–H and O–H groups in total. The first-order valence-electron chi connectivity index (χ1n) is 6.57. The number of nitrogens with zero attached hydrogens (tertiary/aromatic N) is 2. The predicted molar refractivity (Wildman–Crippen MR) is 77.2 cm³/mol. The maximum absolute atomic E-state index is 5.91. The van der Waals surface area contributed by atoms with Crippen LogP contribution in [0.15, 0.2) is 18.2 Å². The molecular weight excluding hydrogens is 242 g/mol. The van der Waals surface area contributed by atoms with Gasteiger partial charge in [0.15, 0.2) is 0 Å². The molecule has 1 unspecified atom stereocenters. The Hall–Kier alpha value is -1.46. The third kappa shape index (κ3) is 2.93. The molecule has 0 aliphatic carbocycles. The van der Waals surface area contributed by atoms with Crippen molar-refractivity contribution in [3.05, 3.63) is 18.2 Å². The van der Waals surface area contributed by atoms with Crippen LogP contribution in [-0.4, -0.2) is 58.4 Å². The van der Waals surface area contributed by atoms with Gasteiger partial charge >= 0.3 is 0 Å². The largest absolute Gasteiger partial charge is 0.497 e. The van der Waals surface area contributed by atoms with Crippen molar-refractivity contribution in [2.45, 2.75) is 6.04 Å².